The van der Waals surface area contributed by atoms with Gasteiger partial charge in [0.15, 0.2) is 0 Å². The van der Waals surface area contributed by atoms with Gasteiger partial charge < -0.3 is 15.1 Å². The number of aromatic amines is 2. The normalized spacial score (nSPS) is 21.3. The maximum absolute atomic E-state index is 14.3. The third-order valence-corrected chi connectivity index (χ3v) is 9.96. The van der Waals surface area contributed by atoms with Gasteiger partial charge >= 0.3 is 6.03 Å². The van der Waals surface area contributed by atoms with Gasteiger partial charge in [0.1, 0.15) is 12.1 Å². The number of urea groups is 1. The van der Waals surface area contributed by atoms with Crippen LogP contribution in [-0.2, 0) is 22.4 Å². The molecule has 5 heterocycles. The van der Waals surface area contributed by atoms with E-state index in [0.717, 1.165) is 83.1 Å². The van der Waals surface area contributed by atoms with Gasteiger partial charge in [-0.15, -0.1) is 0 Å². The molecular formula is C33H41N9O3. The molecule has 0 radical (unpaired) electrons. The number of fused-ring (bicyclic) bond motifs is 2. The molecule has 45 heavy (non-hydrogen) atoms. The quantitative estimate of drug-likeness (QED) is 0.273. The van der Waals surface area contributed by atoms with E-state index in [1.165, 1.54) is 4.90 Å². The Morgan fingerprint density at radius 1 is 0.867 bits per heavy atom. The summed E-state index contributed by atoms with van der Waals surface area (Å²) in [5.41, 5.74) is 5.72. The molecule has 236 valence electrons. The van der Waals surface area contributed by atoms with Gasteiger partial charge in [0, 0.05) is 55.8 Å². The van der Waals surface area contributed by atoms with E-state index in [-0.39, 0.29) is 18.2 Å². The SMILES string of the molecule is Cc1cc(C[C@@H]2NC(=O)N([C@@H](Cc3cc(C)c4[nH]ncc4c3)C(=O)N3CCN(C4CCN(C)CC4)CC3)C2=O)cc2cn[nH]c12. The number of piperazine rings is 1. The largest absolute Gasteiger partial charge is 0.338 e. The Kier molecular flexibility index (Phi) is 7.78. The fraction of sp³-hybridized carbons (Fsp3) is 0.485. The molecule has 2 atom stereocenters. The standard InChI is InChI=1S/C33H41N9O3/c1-20-12-22(14-24-18-34-37-29(20)24)16-27-31(43)42(33(45)36-27)28(17-23-13-21(2)30-25(15-23)19-35-38-30)32(44)41-10-8-40(9-11-41)26-4-6-39(3)7-5-26/h12-15,18-19,26-28H,4-11,16-17H2,1-3H3,(H,34,37)(H,35,38)(H,36,45)/t27-,28-/m0/s1. The van der Waals surface area contributed by atoms with Crippen molar-refractivity contribution in [1.82, 2.24) is 45.3 Å². The molecule has 7 rings (SSSR count). The first-order valence-corrected chi connectivity index (χ1v) is 16.0. The lowest BCUT2D eigenvalue weighted by Crippen LogP contribution is -2.58. The molecule has 3 aliphatic heterocycles. The van der Waals surface area contributed by atoms with Crippen LogP contribution >= 0.6 is 0 Å². The summed E-state index contributed by atoms with van der Waals surface area (Å²) in [6.45, 7) is 8.93. The Hall–Kier alpha value is -4.29. The smallest absolute Gasteiger partial charge is 0.325 e. The number of hydrogen-bond donors (Lipinski definition) is 3. The number of nitrogens with one attached hydrogen (secondary N) is 3. The Bertz CT molecular complexity index is 1750. The molecule has 3 saturated heterocycles. The Morgan fingerprint density at radius 3 is 2.11 bits per heavy atom. The van der Waals surface area contributed by atoms with Crippen LogP contribution in [0.25, 0.3) is 21.8 Å². The van der Waals surface area contributed by atoms with Crippen molar-refractivity contribution in [2.24, 2.45) is 0 Å². The van der Waals surface area contributed by atoms with E-state index in [4.69, 9.17) is 0 Å². The second-order valence-corrected chi connectivity index (χ2v) is 13.0. The van der Waals surface area contributed by atoms with E-state index in [2.05, 4.69) is 42.6 Å². The number of nitrogens with zero attached hydrogens (tertiary/aromatic N) is 6. The molecule has 0 aliphatic carbocycles. The van der Waals surface area contributed by atoms with Crippen molar-refractivity contribution in [3.63, 3.8) is 0 Å². The van der Waals surface area contributed by atoms with E-state index < -0.39 is 18.1 Å². The molecule has 4 amide bonds. The van der Waals surface area contributed by atoms with Gasteiger partial charge in [-0.1, -0.05) is 12.1 Å². The van der Waals surface area contributed by atoms with E-state index >= 15 is 0 Å². The van der Waals surface area contributed by atoms with E-state index in [1.807, 2.05) is 43.0 Å². The lowest BCUT2D eigenvalue weighted by atomic mass is 9.98. The minimum absolute atomic E-state index is 0.178. The number of amides is 4. The van der Waals surface area contributed by atoms with Crippen LogP contribution < -0.4 is 5.32 Å². The average molecular weight is 612 g/mol. The number of rotatable bonds is 7. The molecule has 0 saturated carbocycles. The van der Waals surface area contributed by atoms with Crippen molar-refractivity contribution in [3.8, 4) is 0 Å². The van der Waals surface area contributed by atoms with Crippen molar-refractivity contribution < 1.29 is 14.4 Å². The molecule has 4 aromatic rings. The molecule has 3 N–H and O–H groups in total. The molecule has 0 unspecified atom stereocenters. The first-order valence-electron chi connectivity index (χ1n) is 16.0. The van der Waals surface area contributed by atoms with Gasteiger partial charge in [-0.05, 0) is 81.2 Å². The summed E-state index contributed by atoms with van der Waals surface area (Å²) < 4.78 is 0. The average Bonchev–Trinajstić information content (AvgIpc) is 3.76. The summed E-state index contributed by atoms with van der Waals surface area (Å²) in [5.74, 6) is -0.544. The van der Waals surface area contributed by atoms with Gasteiger partial charge in [-0.2, -0.15) is 10.2 Å². The highest BCUT2D eigenvalue weighted by Gasteiger charge is 2.46. The topological polar surface area (TPSA) is 134 Å². The second kappa shape index (κ2) is 11.9. The van der Waals surface area contributed by atoms with Gasteiger partial charge in [0.25, 0.3) is 5.91 Å². The number of piperidine rings is 1. The van der Waals surface area contributed by atoms with E-state index in [9.17, 15) is 14.4 Å². The van der Waals surface area contributed by atoms with Gasteiger partial charge in [0.2, 0.25) is 5.91 Å². The molecule has 3 fully saturated rings. The van der Waals surface area contributed by atoms with Gasteiger partial charge in [-0.3, -0.25) is 24.7 Å². The molecule has 12 nitrogen and oxygen atoms in total. The summed E-state index contributed by atoms with van der Waals surface area (Å²) in [7, 11) is 2.16. The lowest BCUT2D eigenvalue weighted by Gasteiger charge is -2.43. The van der Waals surface area contributed by atoms with Crippen molar-refractivity contribution in [1.29, 1.82) is 0 Å². The van der Waals surface area contributed by atoms with Crippen molar-refractivity contribution >= 4 is 39.7 Å². The van der Waals surface area contributed by atoms with Crippen LogP contribution in [0.2, 0.25) is 0 Å². The monoisotopic (exact) mass is 611 g/mol. The van der Waals surface area contributed by atoms with Crippen molar-refractivity contribution in [3.05, 3.63) is 58.9 Å². The minimum atomic E-state index is -0.945. The number of imide groups is 1. The number of likely N-dealkylation sites (tertiary alicyclic amines) is 1. The Balaban J connectivity index is 1.13. The van der Waals surface area contributed by atoms with Crippen LogP contribution in [0.4, 0.5) is 4.79 Å². The predicted octanol–water partition coefficient (Wildman–Crippen LogP) is 2.37. The maximum atomic E-state index is 14.3. The van der Waals surface area contributed by atoms with Crippen LogP contribution in [0.3, 0.4) is 0 Å². The highest BCUT2D eigenvalue weighted by atomic mass is 16.2. The van der Waals surface area contributed by atoms with Crippen LogP contribution in [0.5, 0.6) is 0 Å². The number of aryl methyl sites for hydroxylation is 2. The number of carbonyl (C=O) groups excluding carboxylic acids is 3. The van der Waals surface area contributed by atoms with E-state index in [0.29, 0.717) is 25.6 Å². The zero-order valence-corrected chi connectivity index (χ0v) is 26.2. The highest BCUT2D eigenvalue weighted by Crippen LogP contribution is 2.26. The van der Waals surface area contributed by atoms with Crippen LogP contribution in [0, 0.1) is 13.8 Å². The highest BCUT2D eigenvalue weighted by molar-refractivity contribution is 6.07. The third-order valence-electron chi connectivity index (χ3n) is 9.96. The zero-order valence-electron chi connectivity index (χ0n) is 26.2. The molecule has 12 heteroatoms. The van der Waals surface area contributed by atoms with Crippen LogP contribution in [0.1, 0.15) is 35.1 Å². The zero-order chi connectivity index (χ0) is 31.2. The third kappa shape index (κ3) is 5.68. The van der Waals surface area contributed by atoms with Crippen molar-refractivity contribution in [2.45, 2.75) is 57.7 Å². The predicted molar refractivity (Wildman–Crippen MR) is 171 cm³/mol. The number of hydrogen-bond acceptors (Lipinski definition) is 7. The molecular weight excluding hydrogens is 570 g/mol. The number of aromatic nitrogens is 4. The first kappa shape index (κ1) is 29.4. The molecule has 2 aromatic heterocycles. The second-order valence-electron chi connectivity index (χ2n) is 13.0. The number of H-pyrrole nitrogens is 2. The lowest BCUT2D eigenvalue weighted by molar-refractivity contribution is -0.143. The van der Waals surface area contributed by atoms with Gasteiger partial charge in [-0.25, -0.2) is 9.69 Å². The minimum Gasteiger partial charge on any atom is -0.338 e. The number of carbonyl (C=O) groups is 3. The molecule has 0 spiro atoms. The summed E-state index contributed by atoms with van der Waals surface area (Å²) in [4.78, 5) is 49.8. The molecule has 3 aliphatic rings. The summed E-state index contributed by atoms with van der Waals surface area (Å²) >= 11 is 0. The Morgan fingerprint density at radius 2 is 1.47 bits per heavy atom. The Labute approximate surface area is 262 Å². The summed E-state index contributed by atoms with van der Waals surface area (Å²) in [6, 6.07) is 6.32. The fourth-order valence-corrected chi connectivity index (χ4v) is 7.47. The van der Waals surface area contributed by atoms with Gasteiger partial charge in [0.05, 0.1) is 23.4 Å². The van der Waals surface area contributed by atoms with Crippen LogP contribution in [0.15, 0.2) is 36.7 Å². The summed E-state index contributed by atoms with van der Waals surface area (Å²) in [5, 5.41) is 19.1. The number of benzene rings is 2. The molecule has 2 aromatic carbocycles. The fourth-order valence-electron chi connectivity index (χ4n) is 7.47. The van der Waals surface area contributed by atoms with E-state index in [1.54, 1.807) is 12.4 Å². The first-order chi connectivity index (χ1) is 21.7. The maximum Gasteiger partial charge on any atom is 0.325 e. The molecule has 0 bridgehead atoms. The van der Waals surface area contributed by atoms with Crippen LogP contribution in [-0.4, -0.2) is 122 Å². The summed E-state index contributed by atoms with van der Waals surface area (Å²) in [6.07, 6.45) is 6.36. The van der Waals surface area contributed by atoms with Crippen molar-refractivity contribution in [2.75, 3.05) is 46.3 Å².